The lowest BCUT2D eigenvalue weighted by molar-refractivity contribution is -0.121. The maximum atomic E-state index is 11.8. The lowest BCUT2D eigenvalue weighted by atomic mass is 10.0. The Morgan fingerprint density at radius 1 is 1.48 bits per heavy atom. The molecule has 1 aliphatic heterocycles. The molecule has 1 saturated heterocycles. The first-order chi connectivity index (χ1) is 10.2. The molecule has 1 aromatic heterocycles. The molecule has 1 fully saturated rings. The third-order valence-electron chi connectivity index (χ3n) is 4.16. The second-order valence-corrected chi connectivity index (χ2v) is 5.66. The molecule has 1 aliphatic rings. The number of rotatable bonds is 7. The van der Waals surface area contributed by atoms with Gasteiger partial charge in [0.2, 0.25) is 5.91 Å². The number of aromatic nitrogens is 2. The third-order valence-corrected chi connectivity index (χ3v) is 4.16. The van der Waals surface area contributed by atoms with Crippen LogP contribution >= 0.6 is 0 Å². The number of aryl methyl sites for hydroxylation is 2. The predicted octanol–water partition coefficient (Wildman–Crippen LogP) is 0.545. The zero-order valence-corrected chi connectivity index (χ0v) is 12.8. The fourth-order valence-corrected chi connectivity index (χ4v) is 2.83. The van der Waals surface area contributed by atoms with Gasteiger partial charge < -0.3 is 10.4 Å². The normalized spacial score (nSPS) is 19.6. The van der Waals surface area contributed by atoms with E-state index in [9.17, 15) is 9.90 Å². The molecule has 1 atom stereocenters. The van der Waals surface area contributed by atoms with Crippen molar-refractivity contribution in [2.45, 2.75) is 45.2 Å². The average Bonchev–Trinajstić information content (AvgIpc) is 2.91. The first-order valence-electron chi connectivity index (χ1n) is 7.80. The molecule has 0 unspecified atom stereocenters. The van der Waals surface area contributed by atoms with Crippen molar-refractivity contribution in [3.63, 3.8) is 0 Å². The van der Waals surface area contributed by atoms with E-state index in [1.165, 1.54) is 12.8 Å². The number of nitrogens with one attached hydrogen (secondary N) is 1. The number of carbonyl (C=O) groups excluding carboxylic acids is 1. The Kier molecular flexibility index (Phi) is 6.20. The molecule has 0 spiro atoms. The van der Waals surface area contributed by atoms with Crippen LogP contribution in [0.1, 0.15) is 31.4 Å². The van der Waals surface area contributed by atoms with Gasteiger partial charge >= 0.3 is 0 Å². The summed E-state index contributed by atoms with van der Waals surface area (Å²) in [4.78, 5) is 14.1. The van der Waals surface area contributed by atoms with Crippen LogP contribution in [-0.2, 0) is 11.3 Å². The molecule has 0 aliphatic carbocycles. The Morgan fingerprint density at radius 2 is 2.33 bits per heavy atom. The van der Waals surface area contributed by atoms with Crippen molar-refractivity contribution in [2.24, 2.45) is 0 Å². The Bertz CT molecular complexity index is 447. The summed E-state index contributed by atoms with van der Waals surface area (Å²) >= 11 is 0. The SMILES string of the molecule is Cc1ccnn1CCC(=O)NCCN1CCCC[C@@H]1CO. The van der Waals surface area contributed by atoms with Gasteiger partial charge in [0.1, 0.15) is 0 Å². The quantitative estimate of drug-likeness (QED) is 0.770. The summed E-state index contributed by atoms with van der Waals surface area (Å²) in [6.45, 7) is 5.30. The van der Waals surface area contributed by atoms with Crippen molar-refractivity contribution in [2.75, 3.05) is 26.2 Å². The monoisotopic (exact) mass is 294 g/mol. The summed E-state index contributed by atoms with van der Waals surface area (Å²) in [6, 6.07) is 2.20. The van der Waals surface area contributed by atoms with Gasteiger partial charge in [-0.3, -0.25) is 14.4 Å². The first kappa shape index (κ1) is 16.0. The molecule has 0 aromatic carbocycles. The number of nitrogens with zero attached hydrogens (tertiary/aromatic N) is 3. The number of piperidine rings is 1. The van der Waals surface area contributed by atoms with Gasteiger partial charge in [0.05, 0.1) is 6.61 Å². The molecule has 0 bridgehead atoms. The zero-order valence-electron chi connectivity index (χ0n) is 12.8. The van der Waals surface area contributed by atoms with Gasteiger partial charge in [0.15, 0.2) is 0 Å². The van der Waals surface area contributed by atoms with Crippen molar-refractivity contribution in [1.82, 2.24) is 20.0 Å². The van der Waals surface area contributed by atoms with Crippen molar-refractivity contribution in [3.05, 3.63) is 18.0 Å². The molecule has 118 valence electrons. The van der Waals surface area contributed by atoms with Crippen molar-refractivity contribution in [1.29, 1.82) is 0 Å². The van der Waals surface area contributed by atoms with Gasteiger partial charge in [-0.1, -0.05) is 6.42 Å². The van der Waals surface area contributed by atoms with E-state index in [2.05, 4.69) is 15.3 Å². The van der Waals surface area contributed by atoms with E-state index in [0.717, 1.165) is 25.2 Å². The number of carbonyl (C=O) groups is 1. The van der Waals surface area contributed by atoms with Gasteiger partial charge in [0, 0.05) is 44.0 Å². The molecule has 2 N–H and O–H groups in total. The van der Waals surface area contributed by atoms with Crippen molar-refractivity contribution in [3.8, 4) is 0 Å². The summed E-state index contributed by atoms with van der Waals surface area (Å²) in [7, 11) is 0. The van der Waals surface area contributed by atoms with Crippen LogP contribution in [0.5, 0.6) is 0 Å². The van der Waals surface area contributed by atoms with Crippen LogP contribution in [0.25, 0.3) is 0 Å². The largest absolute Gasteiger partial charge is 0.395 e. The lowest BCUT2D eigenvalue weighted by Gasteiger charge is -2.34. The second-order valence-electron chi connectivity index (χ2n) is 5.66. The standard InChI is InChI=1S/C15H26N4O2/c1-13-5-7-17-19(13)10-6-15(21)16-8-11-18-9-3-2-4-14(18)12-20/h5,7,14,20H,2-4,6,8-12H2,1H3,(H,16,21)/t14-/m1/s1. The maximum Gasteiger partial charge on any atom is 0.221 e. The molecule has 21 heavy (non-hydrogen) atoms. The van der Waals surface area contributed by atoms with Crippen LogP contribution in [-0.4, -0.2) is 58.0 Å². The number of aliphatic hydroxyl groups excluding tert-OH is 1. The fourth-order valence-electron chi connectivity index (χ4n) is 2.83. The van der Waals surface area contributed by atoms with Gasteiger partial charge in [-0.15, -0.1) is 0 Å². The maximum absolute atomic E-state index is 11.8. The Morgan fingerprint density at radius 3 is 3.05 bits per heavy atom. The number of amides is 1. The van der Waals surface area contributed by atoms with Gasteiger partial charge in [0.25, 0.3) is 0 Å². The van der Waals surface area contributed by atoms with Gasteiger partial charge in [-0.25, -0.2) is 0 Å². The van der Waals surface area contributed by atoms with Crippen molar-refractivity contribution < 1.29 is 9.90 Å². The number of likely N-dealkylation sites (tertiary alicyclic amines) is 1. The second kappa shape index (κ2) is 8.14. The Labute approximate surface area is 126 Å². The Balaban J connectivity index is 1.63. The highest BCUT2D eigenvalue weighted by Gasteiger charge is 2.20. The summed E-state index contributed by atoms with van der Waals surface area (Å²) in [5, 5.41) is 16.5. The topological polar surface area (TPSA) is 70.4 Å². The van der Waals surface area contributed by atoms with Crippen LogP contribution in [0.15, 0.2) is 12.3 Å². The van der Waals surface area contributed by atoms with Crippen LogP contribution in [0.3, 0.4) is 0 Å². The molecule has 2 heterocycles. The van der Waals surface area contributed by atoms with Crippen molar-refractivity contribution >= 4 is 5.91 Å². The highest BCUT2D eigenvalue weighted by Crippen LogP contribution is 2.15. The van der Waals surface area contributed by atoms with E-state index in [1.807, 2.05) is 17.7 Å². The van der Waals surface area contributed by atoms with E-state index in [4.69, 9.17) is 0 Å². The molecule has 6 nitrogen and oxygen atoms in total. The van der Waals surface area contributed by atoms with Crippen LogP contribution in [0, 0.1) is 6.92 Å². The number of hydrogen-bond donors (Lipinski definition) is 2. The average molecular weight is 294 g/mol. The Hall–Kier alpha value is -1.40. The van der Waals surface area contributed by atoms with E-state index in [1.54, 1.807) is 6.20 Å². The smallest absolute Gasteiger partial charge is 0.221 e. The molecule has 1 amide bonds. The molecule has 6 heteroatoms. The van der Waals surface area contributed by atoms with E-state index in [-0.39, 0.29) is 18.6 Å². The molecular weight excluding hydrogens is 268 g/mol. The fraction of sp³-hybridized carbons (Fsp3) is 0.733. The third kappa shape index (κ3) is 4.82. The number of hydrogen-bond acceptors (Lipinski definition) is 4. The molecule has 2 rings (SSSR count). The molecule has 1 aromatic rings. The minimum atomic E-state index is 0.0578. The minimum absolute atomic E-state index is 0.0578. The summed E-state index contributed by atoms with van der Waals surface area (Å²) < 4.78 is 1.84. The molecular formula is C15H26N4O2. The van der Waals surface area contributed by atoms with Crippen LogP contribution in [0.4, 0.5) is 0 Å². The molecule has 0 radical (unpaired) electrons. The summed E-state index contributed by atoms with van der Waals surface area (Å²) in [5.74, 6) is 0.0578. The molecule has 0 saturated carbocycles. The zero-order chi connectivity index (χ0) is 15.1. The van der Waals surface area contributed by atoms with Crippen LogP contribution in [0.2, 0.25) is 0 Å². The van der Waals surface area contributed by atoms with Gasteiger partial charge in [-0.05, 0) is 32.4 Å². The van der Waals surface area contributed by atoms with E-state index < -0.39 is 0 Å². The summed E-state index contributed by atoms with van der Waals surface area (Å²) in [6.07, 6.45) is 5.63. The first-order valence-corrected chi connectivity index (χ1v) is 7.80. The minimum Gasteiger partial charge on any atom is -0.395 e. The number of aliphatic hydroxyl groups is 1. The van der Waals surface area contributed by atoms with Gasteiger partial charge in [-0.2, -0.15) is 5.10 Å². The highest BCUT2D eigenvalue weighted by molar-refractivity contribution is 5.75. The van der Waals surface area contributed by atoms with E-state index in [0.29, 0.717) is 19.5 Å². The summed E-state index contributed by atoms with van der Waals surface area (Å²) in [5.41, 5.74) is 1.07. The van der Waals surface area contributed by atoms with E-state index >= 15 is 0 Å². The lowest BCUT2D eigenvalue weighted by Crippen LogP contribution is -2.45. The predicted molar refractivity (Wildman–Crippen MR) is 80.9 cm³/mol. The highest BCUT2D eigenvalue weighted by atomic mass is 16.3. The van der Waals surface area contributed by atoms with Crippen LogP contribution < -0.4 is 5.32 Å².